The molecule has 0 radical (unpaired) electrons. The molecule has 0 amide bonds. The van der Waals surface area contributed by atoms with E-state index in [2.05, 4.69) is 0 Å². The van der Waals surface area contributed by atoms with Gasteiger partial charge in [-0.1, -0.05) is 18.6 Å². The molecule has 138 valence electrons. The van der Waals surface area contributed by atoms with Gasteiger partial charge in [0, 0.05) is 20.0 Å². The van der Waals surface area contributed by atoms with E-state index in [0.29, 0.717) is 32.2 Å². The Hall–Kier alpha value is -0.910. The van der Waals surface area contributed by atoms with Gasteiger partial charge in [-0.15, -0.1) is 0 Å². The lowest BCUT2D eigenvalue weighted by atomic mass is 9.87. The van der Waals surface area contributed by atoms with Crippen molar-refractivity contribution >= 4 is 5.97 Å². The van der Waals surface area contributed by atoms with E-state index in [0.717, 1.165) is 25.7 Å². The zero-order chi connectivity index (χ0) is 17.6. The summed E-state index contributed by atoms with van der Waals surface area (Å²) in [7, 11) is 1.64. The van der Waals surface area contributed by atoms with Crippen molar-refractivity contribution in [3.8, 4) is 0 Å². The summed E-state index contributed by atoms with van der Waals surface area (Å²) in [5.74, 6) is 0.170. The number of esters is 1. The van der Waals surface area contributed by atoms with Crippen LogP contribution in [0.3, 0.4) is 0 Å². The molecule has 0 heterocycles. The summed E-state index contributed by atoms with van der Waals surface area (Å²) < 4.78 is 22.4. The minimum atomic E-state index is -0.840. The number of hydrogen-bond donors (Lipinski definition) is 0. The van der Waals surface area contributed by atoms with E-state index < -0.39 is 11.2 Å². The molecule has 5 nitrogen and oxygen atoms in total. The number of ether oxygens (including phenoxy) is 4. The maximum absolute atomic E-state index is 12.6. The molecule has 24 heavy (non-hydrogen) atoms. The molecule has 0 N–H and O–H groups in total. The molecule has 0 aromatic carbocycles. The van der Waals surface area contributed by atoms with Gasteiger partial charge in [-0.25, -0.2) is 4.79 Å². The second-order valence-corrected chi connectivity index (χ2v) is 7.91. The van der Waals surface area contributed by atoms with Crippen LogP contribution in [0.5, 0.6) is 0 Å². The van der Waals surface area contributed by atoms with Crippen LogP contribution < -0.4 is 0 Å². The molecule has 0 spiro atoms. The van der Waals surface area contributed by atoms with E-state index >= 15 is 0 Å². The van der Waals surface area contributed by atoms with E-state index in [1.54, 1.807) is 7.11 Å². The van der Waals surface area contributed by atoms with Crippen molar-refractivity contribution in [3.63, 3.8) is 0 Å². The summed E-state index contributed by atoms with van der Waals surface area (Å²) in [5, 5.41) is 0. The Morgan fingerprint density at radius 1 is 1.21 bits per heavy atom. The van der Waals surface area contributed by atoms with Crippen molar-refractivity contribution in [2.75, 3.05) is 20.5 Å². The second kappa shape index (κ2) is 8.45. The molecule has 2 aliphatic rings. The Balaban J connectivity index is 1.88. The highest BCUT2D eigenvalue weighted by atomic mass is 16.7. The van der Waals surface area contributed by atoms with Gasteiger partial charge < -0.3 is 18.9 Å². The highest BCUT2D eigenvalue weighted by Gasteiger charge is 2.44. The summed E-state index contributed by atoms with van der Waals surface area (Å²) >= 11 is 0. The zero-order valence-electron chi connectivity index (χ0n) is 15.5. The number of carbonyl (C=O) groups excluding carboxylic acids is 1. The molecule has 0 aliphatic heterocycles. The SMILES string of the molecule is COCOC1CCCC(COC2(C(=O)OC(C)(C)C)CC=CC2)C1. The Kier molecular flexibility index (Phi) is 6.84. The molecule has 0 aromatic heterocycles. The van der Waals surface area contributed by atoms with Gasteiger partial charge in [0.15, 0.2) is 5.60 Å². The summed E-state index contributed by atoms with van der Waals surface area (Å²) in [6.07, 6.45) is 9.71. The van der Waals surface area contributed by atoms with Gasteiger partial charge in [0.25, 0.3) is 0 Å². The van der Waals surface area contributed by atoms with Crippen molar-refractivity contribution in [2.45, 2.75) is 76.6 Å². The molecule has 1 fully saturated rings. The molecular formula is C19H32O5. The standard InChI is InChI=1S/C19H32O5/c1-18(2,3)24-17(20)19(10-5-6-11-19)23-13-15-8-7-9-16(12-15)22-14-21-4/h5-6,15-16H,7-14H2,1-4H3. The Labute approximate surface area is 145 Å². The molecule has 5 heteroatoms. The first-order valence-corrected chi connectivity index (χ1v) is 8.97. The fraction of sp³-hybridized carbons (Fsp3) is 0.842. The fourth-order valence-corrected chi connectivity index (χ4v) is 3.33. The molecule has 2 aliphatic carbocycles. The summed E-state index contributed by atoms with van der Waals surface area (Å²) in [5.41, 5.74) is -1.34. The van der Waals surface area contributed by atoms with Crippen molar-refractivity contribution in [3.05, 3.63) is 12.2 Å². The summed E-state index contributed by atoms with van der Waals surface area (Å²) in [6.45, 7) is 6.58. The third-order valence-corrected chi connectivity index (χ3v) is 4.58. The van der Waals surface area contributed by atoms with Crippen LogP contribution in [-0.2, 0) is 23.7 Å². The van der Waals surface area contributed by atoms with Gasteiger partial charge >= 0.3 is 5.97 Å². The Morgan fingerprint density at radius 2 is 1.92 bits per heavy atom. The third-order valence-electron chi connectivity index (χ3n) is 4.58. The molecule has 2 rings (SSSR count). The van der Waals surface area contributed by atoms with Crippen LogP contribution in [0.15, 0.2) is 12.2 Å². The van der Waals surface area contributed by atoms with Gasteiger partial charge in [0.2, 0.25) is 0 Å². The Bertz CT molecular complexity index is 430. The van der Waals surface area contributed by atoms with Crippen molar-refractivity contribution in [2.24, 2.45) is 5.92 Å². The van der Waals surface area contributed by atoms with Crippen LogP contribution in [0.2, 0.25) is 0 Å². The van der Waals surface area contributed by atoms with Crippen molar-refractivity contribution in [1.29, 1.82) is 0 Å². The number of methoxy groups -OCH3 is 1. The fourth-order valence-electron chi connectivity index (χ4n) is 3.33. The first-order valence-electron chi connectivity index (χ1n) is 8.97. The topological polar surface area (TPSA) is 54.0 Å². The van der Waals surface area contributed by atoms with Crippen LogP contribution in [-0.4, -0.2) is 43.8 Å². The lowest BCUT2D eigenvalue weighted by Crippen LogP contribution is -2.45. The van der Waals surface area contributed by atoms with Crippen LogP contribution in [0.4, 0.5) is 0 Å². The van der Waals surface area contributed by atoms with E-state index in [1.165, 1.54) is 0 Å². The average molecular weight is 340 g/mol. The minimum absolute atomic E-state index is 0.228. The number of carbonyl (C=O) groups is 1. The quantitative estimate of drug-likeness (QED) is 0.402. The van der Waals surface area contributed by atoms with Crippen LogP contribution in [0, 0.1) is 5.92 Å². The van der Waals surface area contributed by atoms with Crippen LogP contribution in [0.25, 0.3) is 0 Å². The van der Waals surface area contributed by atoms with E-state index in [4.69, 9.17) is 18.9 Å². The summed E-state index contributed by atoms with van der Waals surface area (Å²) in [4.78, 5) is 12.6. The first kappa shape index (κ1) is 19.4. The van der Waals surface area contributed by atoms with E-state index in [-0.39, 0.29) is 12.1 Å². The molecule has 0 aromatic rings. The molecular weight excluding hydrogens is 308 g/mol. The van der Waals surface area contributed by atoms with Gasteiger partial charge in [-0.3, -0.25) is 0 Å². The largest absolute Gasteiger partial charge is 0.458 e. The molecule has 0 saturated heterocycles. The summed E-state index contributed by atoms with van der Waals surface area (Å²) in [6, 6.07) is 0. The smallest absolute Gasteiger partial charge is 0.339 e. The molecule has 1 saturated carbocycles. The highest BCUT2D eigenvalue weighted by molar-refractivity contribution is 5.81. The molecule has 2 unspecified atom stereocenters. The monoisotopic (exact) mass is 340 g/mol. The highest BCUT2D eigenvalue weighted by Crippen LogP contribution is 2.34. The predicted octanol–water partition coefficient (Wildman–Crippen LogP) is 3.61. The average Bonchev–Trinajstić information content (AvgIpc) is 3.00. The van der Waals surface area contributed by atoms with Gasteiger partial charge in [-0.05, 0) is 46.0 Å². The van der Waals surface area contributed by atoms with Gasteiger partial charge in [0.05, 0.1) is 12.7 Å². The molecule has 2 atom stereocenters. The first-order chi connectivity index (χ1) is 11.3. The molecule has 0 bridgehead atoms. The van der Waals surface area contributed by atoms with E-state index in [1.807, 2.05) is 32.9 Å². The maximum Gasteiger partial charge on any atom is 0.339 e. The minimum Gasteiger partial charge on any atom is -0.458 e. The van der Waals surface area contributed by atoms with Crippen LogP contribution >= 0.6 is 0 Å². The van der Waals surface area contributed by atoms with Gasteiger partial charge in [-0.2, -0.15) is 0 Å². The second-order valence-electron chi connectivity index (χ2n) is 7.91. The van der Waals surface area contributed by atoms with Crippen molar-refractivity contribution in [1.82, 2.24) is 0 Å². The van der Waals surface area contributed by atoms with Gasteiger partial charge in [0.1, 0.15) is 12.4 Å². The number of rotatable bonds is 7. The van der Waals surface area contributed by atoms with E-state index in [9.17, 15) is 4.79 Å². The maximum atomic E-state index is 12.6. The zero-order valence-corrected chi connectivity index (χ0v) is 15.5. The predicted molar refractivity (Wildman–Crippen MR) is 91.6 cm³/mol. The normalized spacial score (nSPS) is 26.5. The Morgan fingerprint density at radius 3 is 2.54 bits per heavy atom. The van der Waals surface area contributed by atoms with Crippen molar-refractivity contribution < 1.29 is 23.7 Å². The lowest BCUT2D eigenvalue weighted by Gasteiger charge is -2.34. The lowest BCUT2D eigenvalue weighted by molar-refractivity contribution is -0.185. The van der Waals surface area contributed by atoms with Crippen LogP contribution in [0.1, 0.15) is 59.3 Å². The number of hydrogen-bond acceptors (Lipinski definition) is 5. The third kappa shape index (κ3) is 5.57.